The van der Waals surface area contributed by atoms with E-state index in [-0.39, 0.29) is 16.8 Å². The highest BCUT2D eigenvalue weighted by molar-refractivity contribution is 6.31. The highest BCUT2D eigenvalue weighted by atomic mass is 35.5. The number of rotatable bonds is 4. The molecule has 0 atom stereocenters. The molecule has 1 heterocycles. The Bertz CT molecular complexity index is 761. The van der Waals surface area contributed by atoms with Gasteiger partial charge in [-0.2, -0.15) is 0 Å². The van der Waals surface area contributed by atoms with Crippen molar-refractivity contribution in [2.45, 2.75) is 19.4 Å². The van der Waals surface area contributed by atoms with Crippen molar-refractivity contribution < 1.29 is 9.18 Å². The molecule has 0 aromatic heterocycles. The van der Waals surface area contributed by atoms with Gasteiger partial charge in [-0.25, -0.2) is 4.39 Å². The Balaban J connectivity index is 1.52. The Labute approximate surface area is 156 Å². The minimum absolute atomic E-state index is 0.00681. The van der Waals surface area contributed by atoms with E-state index in [4.69, 9.17) is 23.2 Å². The van der Waals surface area contributed by atoms with Crippen LogP contribution >= 0.6 is 23.2 Å². The van der Waals surface area contributed by atoms with E-state index in [1.54, 1.807) is 0 Å². The average Bonchev–Trinajstić information content (AvgIpc) is 2.61. The molecule has 0 spiro atoms. The standard InChI is InChI=1S/C19H19Cl2FN2O/c20-16-4-2-1-3-14(16)12-24-9-7-13(8-10-24)19(25)23-15-5-6-18(22)17(21)11-15/h1-6,11,13H,7-10,12H2,(H,23,25). The summed E-state index contributed by atoms with van der Waals surface area (Å²) in [7, 11) is 0. The lowest BCUT2D eigenvalue weighted by molar-refractivity contribution is -0.121. The van der Waals surface area contributed by atoms with Crippen LogP contribution in [0.2, 0.25) is 10.0 Å². The number of halogens is 3. The number of carbonyl (C=O) groups excluding carboxylic acids is 1. The van der Waals surface area contributed by atoms with Crippen LogP contribution in [0.15, 0.2) is 42.5 Å². The first-order valence-corrected chi connectivity index (χ1v) is 9.00. The molecule has 0 saturated carbocycles. The first kappa shape index (κ1) is 18.2. The van der Waals surface area contributed by atoms with Crippen molar-refractivity contribution in [3.63, 3.8) is 0 Å². The van der Waals surface area contributed by atoms with Crippen LogP contribution in [0.1, 0.15) is 18.4 Å². The number of amides is 1. The van der Waals surface area contributed by atoms with Gasteiger partial charge in [0, 0.05) is 23.2 Å². The van der Waals surface area contributed by atoms with Gasteiger partial charge in [0.2, 0.25) is 5.91 Å². The van der Waals surface area contributed by atoms with Gasteiger partial charge in [0.1, 0.15) is 5.82 Å². The molecule has 25 heavy (non-hydrogen) atoms. The lowest BCUT2D eigenvalue weighted by Crippen LogP contribution is -2.37. The zero-order chi connectivity index (χ0) is 17.8. The lowest BCUT2D eigenvalue weighted by atomic mass is 9.95. The van der Waals surface area contributed by atoms with Crippen molar-refractivity contribution in [2.24, 2.45) is 5.92 Å². The fourth-order valence-corrected chi connectivity index (χ4v) is 3.42. The van der Waals surface area contributed by atoms with Crippen molar-refractivity contribution >= 4 is 34.8 Å². The van der Waals surface area contributed by atoms with Crippen LogP contribution < -0.4 is 5.32 Å². The van der Waals surface area contributed by atoms with Gasteiger partial charge in [0.05, 0.1) is 5.02 Å². The summed E-state index contributed by atoms with van der Waals surface area (Å²) >= 11 is 12.0. The summed E-state index contributed by atoms with van der Waals surface area (Å²) in [5.41, 5.74) is 1.63. The maximum absolute atomic E-state index is 13.2. The summed E-state index contributed by atoms with van der Waals surface area (Å²) in [6, 6.07) is 12.0. The van der Waals surface area contributed by atoms with E-state index in [1.165, 1.54) is 18.2 Å². The van der Waals surface area contributed by atoms with Crippen molar-refractivity contribution in [1.29, 1.82) is 0 Å². The van der Waals surface area contributed by atoms with Gasteiger partial charge in [-0.05, 0) is 55.8 Å². The predicted molar refractivity (Wildman–Crippen MR) is 99.5 cm³/mol. The van der Waals surface area contributed by atoms with Crippen LogP contribution in [0, 0.1) is 11.7 Å². The van der Waals surface area contributed by atoms with E-state index in [0.29, 0.717) is 5.69 Å². The summed E-state index contributed by atoms with van der Waals surface area (Å²) in [5.74, 6) is -0.584. The SMILES string of the molecule is O=C(Nc1ccc(F)c(Cl)c1)C1CCN(Cc2ccccc2Cl)CC1. The molecule has 3 nitrogen and oxygen atoms in total. The fraction of sp³-hybridized carbons (Fsp3) is 0.316. The normalized spacial score (nSPS) is 16.0. The van der Waals surface area contributed by atoms with Gasteiger partial charge in [-0.15, -0.1) is 0 Å². The molecule has 3 rings (SSSR count). The number of piperidine rings is 1. The van der Waals surface area contributed by atoms with Crippen molar-refractivity contribution in [3.8, 4) is 0 Å². The molecule has 6 heteroatoms. The first-order valence-electron chi connectivity index (χ1n) is 8.24. The summed E-state index contributed by atoms with van der Waals surface area (Å²) in [4.78, 5) is 14.7. The molecule has 0 radical (unpaired) electrons. The molecule has 2 aromatic rings. The zero-order valence-electron chi connectivity index (χ0n) is 13.6. The van der Waals surface area contributed by atoms with Gasteiger partial charge < -0.3 is 5.32 Å². The molecule has 132 valence electrons. The fourth-order valence-electron chi connectivity index (χ4n) is 3.04. The second-order valence-electron chi connectivity index (χ2n) is 6.26. The predicted octanol–water partition coefficient (Wildman–Crippen LogP) is 4.98. The monoisotopic (exact) mass is 380 g/mol. The Hall–Kier alpha value is -1.62. The summed E-state index contributed by atoms with van der Waals surface area (Å²) < 4.78 is 13.2. The molecule has 2 aromatic carbocycles. The molecule has 1 amide bonds. The molecule has 1 N–H and O–H groups in total. The van der Waals surface area contributed by atoms with Crippen LogP contribution in [0.4, 0.5) is 10.1 Å². The number of hydrogen-bond donors (Lipinski definition) is 1. The first-order chi connectivity index (χ1) is 12.0. The second-order valence-corrected chi connectivity index (χ2v) is 7.07. The third-order valence-electron chi connectivity index (χ3n) is 4.50. The molecule has 1 aliphatic rings. The molecular formula is C19H19Cl2FN2O. The Kier molecular flexibility index (Phi) is 5.94. The van der Waals surface area contributed by atoms with Crippen LogP contribution in [0.5, 0.6) is 0 Å². The number of likely N-dealkylation sites (tertiary alicyclic amines) is 1. The highest BCUT2D eigenvalue weighted by Crippen LogP contribution is 2.24. The molecule has 1 fully saturated rings. The molecule has 0 bridgehead atoms. The van der Waals surface area contributed by atoms with Crippen LogP contribution in [0.3, 0.4) is 0 Å². The summed E-state index contributed by atoms with van der Waals surface area (Å²) in [6.45, 7) is 2.47. The van der Waals surface area contributed by atoms with Crippen LogP contribution in [-0.2, 0) is 11.3 Å². The lowest BCUT2D eigenvalue weighted by Gasteiger charge is -2.31. The molecule has 0 unspecified atom stereocenters. The van der Waals surface area contributed by atoms with E-state index in [9.17, 15) is 9.18 Å². The summed E-state index contributed by atoms with van der Waals surface area (Å²) in [6.07, 6.45) is 1.57. The number of anilines is 1. The van der Waals surface area contributed by atoms with Gasteiger partial charge in [-0.3, -0.25) is 9.69 Å². The summed E-state index contributed by atoms with van der Waals surface area (Å²) in [5, 5.41) is 3.60. The van der Waals surface area contributed by atoms with Gasteiger partial charge in [-0.1, -0.05) is 41.4 Å². The van der Waals surface area contributed by atoms with E-state index >= 15 is 0 Å². The van der Waals surface area contributed by atoms with Crippen molar-refractivity contribution in [1.82, 2.24) is 4.90 Å². The molecule has 1 aliphatic heterocycles. The van der Waals surface area contributed by atoms with Crippen molar-refractivity contribution in [2.75, 3.05) is 18.4 Å². The maximum atomic E-state index is 13.2. The number of nitrogens with zero attached hydrogens (tertiary/aromatic N) is 1. The van der Waals surface area contributed by atoms with E-state index in [1.807, 2.05) is 24.3 Å². The van der Waals surface area contributed by atoms with Gasteiger partial charge in [0.25, 0.3) is 0 Å². The number of hydrogen-bond acceptors (Lipinski definition) is 2. The third kappa shape index (κ3) is 4.72. The van der Waals surface area contributed by atoms with Gasteiger partial charge >= 0.3 is 0 Å². The quantitative estimate of drug-likeness (QED) is 0.810. The smallest absolute Gasteiger partial charge is 0.227 e. The Morgan fingerprint density at radius 1 is 1.12 bits per heavy atom. The van der Waals surface area contributed by atoms with Crippen molar-refractivity contribution in [3.05, 3.63) is 63.9 Å². The Morgan fingerprint density at radius 2 is 1.84 bits per heavy atom. The maximum Gasteiger partial charge on any atom is 0.227 e. The van der Waals surface area contributed by atoms with Gasteiger partial charge in [0.15, 0.2) is 0 Å². The second kappa shape index (κ2) is 8.17. The minimum Gasteiger partial charge on any atom is -0.326 e. The zero-order valence-corrected chi connectivity index (χ0v) is 15.2. The van der Waals surface area contributed by atoms with E-state index < -0.39 is 5.82 Å². The topological polar surface area (TPSA) is 32.3 Å². The van der Waals surface area contributed by atoms with Crippen LogP contribution in [0.25, 0.3) is 0 Å². The molecule has 0 aliphatic carbocycles. The van der Waals surface area contributed by atoms with E-state index in [0.717, 1.165) is 43.1 Å². The molecular weight excluding hydrogens is 362 g/mol. The molecule has 1 saturated heterocycles. The number of nitrogens with one attached hydrogen (secondary N) is 1. The van der Waals surface area contributed by atoms with E-state index in [2.05, 4.69) is 10.2 Å². The highest BCUT2D eigenvalue weighted by Gasteiger charge is 2.25. The number of benzene rings is 2. The van der Waals surface area contributed by atoms with Crippen LogP contribution in [-0.4, -0.2) is 23.9 Å². The largest absolute Gasteiger partial charge is 0.326 e. The average molecular weight is 381 g/mol. The minimum atomic E-state index is -0.493. The number of carbonyl (C=O) groups is 1. The third-order valence-corrected chi connectivity index (χ3v) is 5.16. The Morgan fingerprint density at radius 3 is 2.52 bits per heavy atom.